The molecule has 2 unspecified atom stereocenters. The molecule has 2 aromatic carbocycles. The van der Waals surface area contributed by atoms with Crippen LogP contribution in [0.5, 0.6) is 0 Å². The van der Waals surface area contributed by atoms with Crippen molar-refractivity contribution in [2.24, 2.45) is 0 Å². The van der Waals surface area contributed by atoms with Crippen molar-refractivity contribution in [2.75, 3.05) is 17.8 Å². The molecule has 1 saturated heterocycles. The van der Waals surface area contributed by atoms with Crippen molar-refractivity contribution in [1.82, 2.24) is 4.90 Å². The lowest BCUT2D eigenvalue weighted by Crippen LogP contribution is -2.48. The van der Waals surface area contributed by atoms with Crippen LogP contribution in [0.25, 0.3) is 0 Å². The van der Waals surface area contributed by atoms with Crippen LogP contribution in [-0.4, -0.2) is 44.5 Å². The maximum Gasteiger partial charge on any atom is 0.261 e. The Morgan fingerprint density at radius 3 is 2.15 bits per heavy atom. The van der Waals surface area contributed by atoms with Gasteiger partial charge in [0.2, 0.25) is 0 Å². The van der Waals surface area contributed by atoms with Gasteiger partial charge < -0.3 is 9.64 Å². The summed E-state index contributed by atoms with van der Waals surface area (Å²) in [6.07, 6.45) is -0.0538. The van der Waals surface area contributed by atoms with E-state index in [0.717, 1.165) is 0 Å². The van der Waals surface area contributed by atoms with Gasteiger partial charge in [0, 0.05) is 29.4 Å². The first kappa shape index (κ1) is 19.7. The number of amides is 1. The number of hydrogen-bond donors (Lipinski definition) is 1. The Kier molecular flexibility index (Phi) is 5.74. The molecule has 0 spiro atoms. The van der Waals surface area contributed by atoms with Crippen LogP contribution in [0.2, 0.25) is 5.02 Å². The fourth-order valence-electron chi connectivity index (χ4n) is 3.03. The summed E-state index contributed by atoms with van der Waals surface area (Å²) in [6, 6.07) is 12.3. The number of hydrogen-bond acceptors (Lipinski definition) is 4. The molecule has 3 rings (SSSR count). The van der Waals surface area contributed by atoms with Crippen LogP contribution in [0.15, 0.2) is 53.4 Å². The highest BCUT2D eigenvalue weighted by Crippen LogP contribution is 2.20. The van der Waals surface area contributed by atoms with E-state index in [2.05, 4.69) is 4.72 Å². The molecular formula is C19H21ClN2O4S. The molecule has 0 aliphatic carbocycles. The van der Waals surface area contributed by atoms with Crippen LogP contribution >= 0.6 is 11.6 Å². The molecule has 1 aliphatic heterocycles. The monoisotopic (exact) mass is 408 g/mol. The Labute approximate surface area is 164 Å². The summed E-state index contributed by atoms with van der Waals surface area (Å²) >= 11 is 5.81. The minimum Gasteiger partial charge on any atom is -0.372 e. The van der Waals surface area contributed by atoms with Crippen molar-refractivity contribution in [3.63, 3.8) is 0 Å². The molecule has 27 heavy (non-hydrogen) atoms. The number of carbonyl (C=O) groups excluding carboxylic acids is 1. The summed E-state index contributed by atoms with van der Waals surface area (Å²) in [5.41, 5.74) is 0.859. The van der Waals surface area contributed by atoms with E-state index in [9.17, 15) is 13.2 Å². The SMILES string of the molecule is CC1CN(C(=O)c2ccc(S(=O)(=O)Nc3ccc(Cl)cc3)cc2)CC(C)O1. The number of halogens is 1. The summed E-state index contributed by atoms with van der Waals surface area (Å²) in [7, 11) is -3.75. The van der Waals surface area contributed by atoms with Crippen LogP contribution in [0, 0.1) is 0 Å². The lowest BCUT2D eigenvalue weighted by atomic mass is 10.1. The number of sulfonamides is 1. The molecule has 6 nitrogen and oxygen atoms in total. The third-order valence-electron chi connectivity index (χ3n) is 4.21. The molecule has 1 heterocycles. The summed E-state index contributed by atoms with van der Waals surface area (Å²) in [5.74, 6) is -0.133. The smallest absolute Gasteiger partial charge is 0.261 e. The van der Waals surface area contributed by atoms with Gasteiger partial charge in [-0.3, -0.25) is 9.52 Å². The Morgan fingerprint density at radius 2 is 1.59 bits per heavy atom. The number of nitrogens with one attached hydrogen (secondary N) is 1. The molecule has 1 amide bonds. The number of nitrogens with zero attached hydrogens (tertiary/aromatic N) is 1. The van der Waals surface area contributed by atoms with Crippen LogP contribution in [0.3, 0.4) is 0 Å². The third kappa shape index (κ3) is 4.80. The lowest BCUT2D eigenvalue weighted by Gasteiger charge is -2.35. The van der Waals surface area contributed by atoms with E-state index in [1.807, 2.05) is 13.8 Å². The predicted molar refractivity (Wildman–Crippen MR) is 105 cm³/mol. The van der Waals surface area contributed by atoms with Gasteiger partial charge in [0.05, 0.1) is 17.1 Å². The summed E-state index contributed by atoms with van der Waals surface area (Å²) in [4.78, 5) is 14.5. The second-order valence-electron chi connectivity index (χ2n) is 6.60. The van der Waals surface area contributed by atoms with Gasteiger partial charge in [-0.05, 0) is 62.4 Å². The van der Waals surface area contributed by atoms with Crippen LogP contribution in [0.1, 0.15) is 24.2 Å². The Bertz CT molecular complexity index is 904. The zero-order valence-corrected chi connectivity index (χ0v) is 16.6. The Balaban J connectivity index is 1.74. The minimum atomic E-state index is -3.75. The molecule has 1 aliphatic rings. The van der Waals surface area contributed by atoms with Crippen molar-refractivity contribution >= 4 is 33.2 Å². The van der Waals surface area contributed by atoms with Gasteiger partial charge in [0.1, 0.15) is 0 Å². The van der Waals surface area contributed by atoms with Crippen LogP contribution < -0.4 is 4.72 Å². The van der Waals surface area contributed by atoms with Gasteiger partial charge in [-0.2, -0.15) is 0 Å². The third-order valence-corrected chi connectivity index (χ3v) is 5.86. The quantitative estimate of drug-likeness (QED) is 0.841. The van der Waals surface area contributed by atoms with Crippen molar-refractivity contribution in [2.45, 2.75) is 31.0 Å². The van der Waals surface area contributed by atoms with E-state index < -0.39 is 10.0 Å². The van der Waals surface area contributed by atoms with Gasteiger partial charge in [0.25, 0.3) is 15.9 Å². The second kappa shape index (κ2) is 7.88. The van der Waals surface area contributed by atoms with Gasteiger partial charge in [0.15, 0.2) is 0 Å². The highest BCUT2D eigenvalue weighted by Gasteiger charge is 2.26. The van der Waals surface area contributed by atoms with E-state index >= 15 is 0 Å². The number of ether oxygens (including phenoxy) is 1. The van der Waals surface area contributed by atoms with Crippen molar-refractivity contribution in [3.8, 4) is 0 Å². The first-order valence-electron chi connectivity index (χ1n) is 8.58. The molecule has 0 saturated carbocycles. The van der Waals surface area contributed by atoms with Crippen molar-refractivity contribution in [3.05, 3.63) is 59.1 Å². The van der Waals surface area contributed by atoms with Gasteiger partial charge in [-0.25, -0.2) is 8.42 Å². The topological polar surface area (TPSA) is 75.7 Å². The molecule has 2 aromatic rings. The average Bonchev–Trinajstić information content (AvgIpc) is 2.62. The molecule has 2 atom stereocenters. The van der Waals surface area contributed by atoms with Crippen molar-refractivity contribution in [1.29, 1.82) is 0 Å². The fourth-order valence-corrected chi connectivity index (χ4v) is 4.22. The zero-order chi connectivity index (χ0) is 19.6. The Hall–Kier alpha value is -2.09. The van der Waals surface area contributed by atoms with E-state index in [4.69, 9.17) is 16.3 Å². The largest absolute Gasteiger partial charge is 0.372 e. The average molecular weight is 409 g/mol. The minimum absolute atomic E-state index is 0.0269. The Morgan fingerprint density at radius 1 is 1.04 bits per heavy atom. The van der Waals surface area contributed by atoms with Gasteiger partial charge in [-0.1, -0.05) is 11.6 Å². The molecule has 0 aromatic heterocycles. The first-order valence-corrected chi connectivity index (χ1v) is 10.4. The number of benzene rings is 2. The van der Waals surface area contributed by atoms with E-state index in [1.54, 1.807) is 29.2 Å². The summed E-state index contributed by atoms with van der Waals surface area (Å²) in [6.45, 7) is 4.88. The second-order valence-corrected chi connectivity index (χ2v) is 8.72. The normalized spacial score (nSPS) is 20.3. The van der Waals surface area contributed by atoms with E-state index in [0.29, 0.717) is 29.4 Å². The molecule has 144 valence electrons. The van der Waals surface area contributed by atoms with Gasteiger partial charge >= 0.3 is 0 Å². The number of carbonyl (C=O) groups is 1. The highest BCUT2D eigenvalue weighted by atomic mass is 35.5. The molecule has 0 radical (unpaired) electrons. The standard InChI is InChI=1S/C19H21ClN2O4S/c1-13-11-22(12-14(2)26-13)19(23)15-3-9-18(10-4-15)27(24,25)21-17-7-5-16(20)6-8-17/h3-10,13-14,21H,11-12H2,1-2H3. The zero-order valence-electron chi connectivity index (χ0n) is 15.1. The summed E-state index contributed by atoms with van der Waals surface area (Å²) in [5, 5.41) is 0.521. The van der Waals surface area contributed by atoms with E-state index in [1.165, 1.54) is 24.3 Å². The molecule has 1 N–H and O–H groups in total. The number of anilines is 1. The highest BCUT2D eigenvalue weighted by molar-refractivity contribution is 7.92. The predicted octanol–water partition coefficient (Wildman–Crippen LogP) is 3.39. The summed E-state index contributed by atoms with van der Waals surface area (Å²) < 4.78 is 33.1. The maximum absolute atomic E-state index is 12.7. The maximum atomic E-state index is 12.7. The first-order chi connectivity index (χ1) is 12.7. The van der Waals surface area contributed by atoms with Gasteiger partial charge in [-0.15, -0.1) is 0 Å². The molecule has 8 heteroatoms. The number of rotatable bonds is 4. The van der Waals surface area contributed by atoms with Crippen LogP contribution in [-0.2, 0) is 14.8 Å². The fraction of sp³-hybridized carbons (Fsp3) is 0.316. The van der Waals surface area contributed by atoms with Crippen molar-refractivity contribution < 1.29 is 17.9 Å². The molecular weight excluding hydrogens is 388 g/mol. The number of morpholine rings is 1. The molecule has 1 fully saturated rings. The van der Waals surface area contributed by atoms with E-state index in [-0.39, 0.29) is 23.0 Å². The lowest BCUT2D eigenvalue weighted by molar-refractivity contribution is -0.0586. The molecule has 0 bridgehead atoms. The van der Waals surface area contributed by atoms with Crippen LogP contribution in [0.4, 0.5) is 5.69 Å².